The molecule has 17 heavy (non-hydrogen) atoms. The fourth-order valence-corrected chi connectivity index (χ4v) is 1.07. The van der Waals surface area contributed by atoms with Gasteiger partial charge in [-0.05, 0) is 32.0 Å². The van der Waals surface area contributed by atoms with Crippen molar-refractivity contribution in [2.24, 2.45) is 5.73 Å². The minimum atomic E-state index is -0.756. The third kappa shape index (κ3) is 5.10. The number of nitrogens with one attached hydrogen (secondary N) is 1. The Morgan fingerprint density at radius 1 is 1.41 bits per heavy atom. The molecule has 0 aliphatic rings. The van der Waals surface area contributed by atoms with Crippen LogP contribution in [-0.2, 0) is 0 Å². The van der Waals surface area contributed by atoms with Crippen LogP contribution >= 0.6 is 12.4 Å². The summed E-state index contributed by atoms with van der Waals surface area (Å²) in [6, 6.07) is 2.73. The number of hydrogen-bond acceptors (Lipinski definition) is 2. The quantitative estimate of drug-likeness (QED) is 0.875. The molecule has 1 amide bonds. The molecule has 0 saturated carbocycles. The van der Waals surface area contributed by atoms with Crippen molar-refractivity contribution in [1.29, 1.82) is 0 Å². The number of carbonyl (C=O) groups excluding carboxylic acids is 1. The van der Waals surface area contributed by atoms with Crippen LogP contribution in [-0.4, -0.2) is 18.0 Å². The van der Waals surface area contributed by atoms with E-state index in [1.807, 2.05) is 0 Å². The molecule has 6 heteroatoms. The van der Waals surface area contributed by atoms with Crippen molar-refractivity contribution < 1.29 is 13.6 Å². The van der Waals surface area contributed by atoms with Crippen LogP contribution in [0.25, 0.3) is 0 Å². The lowest BCUT2D eigenvalue weighted by molar-refractivity contribution is 0.0941. The first-order valence-corrected chi connectivity index (χ1v) is 4.82. The average Bonchev–Trinajstić information content (AvgIpc) is 2.17. The van der Waals surface area contributed by atoms with E-state index in [0.717, 1.165) is 18.2 Å². The fraction of sp³-hybridized carbons (Fsp3) is 0.364. The highest BCUT2D eigenvalue weighted by atomic mass is 35.5. The molecule has 0 radical (unpaired) electrons. The van der Waals surface area contributed by atoms with E-state index < -0.39 is 23.1 Å². The molecule has 1 rings (SSSR count). The number of rotatable bonds is 3. The summed E-state index contributed by atoms with van der Waals surface area (Å²) in [7, 11) is 0. The van der Waals surface area contributed by atoms with Gasteiger partial charge in [0, 0.05) is 12.1 Å². The van der Waals surface area contributed by atoms with Gasteiger partial charge in [0.25, 0.3) is 5.91 Å². The molecule has 0 aliphatic heterocycles. The second kappa shape index (κ2) is 5.93. The Morgan fingerprint density at radius 2 is 2.00 bits per heavy atom. The summed E-state index contributed by atoms with van der Waals surface area (Å²) in [6.45, 7) is 3.62. The lowest BCUT2D eigenvalue weighted by atomic mass is 10.1. The van der Waals surface area contributed by atoms with Crippen LogP contribution in [0, 0.1) is 11.6 Å². The molecule has 1 aromatic carbocycles. The zero-order chi connectivity index (χ0) is 12.3. The van der Waals surface area contributed by atoms with Gasteiger partial charge < -0.3 is 11.1 Å². The highest BCUT2D eigenvalue weighted by Crippen LogP contribution is 2.09. The summed E-state index contributed by atoms with van der Waals surface area (Å²) in [5.41, 5.74) is 4.73. The van der Waals surface area contributed by atoms with Crippen LogP contribution < -0.4 is 11.1 Å². The van der Waals surface area contributed by atoms with E-state index in [4.69, 9.17) is 5.73 Å². The molecule has 3 nitrogen and oxygen atoms in total. The molecule has 0 aromatic heterocycles. The molecule has 0 unspecified atom stereocenters. The molecule has 0 bridgehead atoms. The largest absolute Gasteiger partial charge is 0.350 e. The highest BCUT2D eigenvalue weighted by molar-refractivity contribution is 5.94. The Morgan fingerprint density at radius 3 is 2.53 bits per heavy atom. The topological polar surface area (TPSA) is 55.1 Å². The Labute approximate surface area is 105 Å². The maximum atomic E-state index is 13.2. The van der Waals surface area contributed by atoms with Gasteiger partial charge >= 0.3 is 0 Å². The molecule has 0 fully saturated rings. The van der Waals surface area contributed by atoms with E-state index in [1.54, 1.807) is 13.8 Å². The van der Waals surface area contributed by atoms with E-state index in [2.05, 4.69) is 5.32 Å². The number of benzene rings is 1. The zero-order valence-corrected chi connectivity index (χ0v) is 10.4. The maximum Gasteiger partial charge on any atom is 0.254 e. The van der Waals surface area contributed by atoms with Gasteiger partial charge in [0.1, 0.15) is 11.6 Å². The van der Waals surface area contributed by atoms with Crippen LogP contribution in [0.15, 0.2) is 18.2 Å². The van der Waals surface area contributed by atoms with E-state index in [-0.39, 0.29) is 24.5 Å². The molecule has 1 aromatic rings. The number of carbonyl (C=O) groups is 1. The summed E-state index contributed by atoms with van der Waals surface area (Å²) < 4.78 is 26.0. The van der Waals surface area contributed by atoms with Gasteiger partial charge in [-0.25, -0.2) is 8.78 Å². The van der Waals surface area contributed by atoms with Gasteiger partial charge in [0.05, 0.1) is 5.56 Å². The predicted octanol–water partition coefficient (Wildman–Crippen LogP) is 1.85. The SMILES string of the molecule is CC(C)(N)CNC(=O)c1cc(F)ccc1F.Cl. The Balaban J connectivity index is 0.00000256. The Kier molecular flexibility index (Phi) is 5.51. The van der Waals surface area contributed by atoms with Crippen molar-refractivity contribution >= 4 is 18.3 Å². The lowest BCUT2D eigenvalue weighted by Gasteiger charge is -2.18. The predicted molar refractivity (Wildman–Crippen MR) is 64.2 cm³/mol. The second-order valence-electron chi connectivity index (χ2n) is 4.30. The van der Waals surface area contributed by atoms with Gasteiger partial charge in [-0.2, -0.15) is 0 Å². The Bertz CT molecular complexity index is 405. The zero-order valence-electron chi connectivity index (χ0n) is 9.59. The number of amides is 1. The third-order valence-corrected chi connectivity index (χ3v) is 1.88. The van der Waals surface area contributed by atoms with Crippen molar-refractivity contribution in [2.75, 3.05) is 6.54 Å². The molecule has 0 atom stereocenters. The molecule has 96 valence electrons. The van der Waals surface area contributed by atoms with E-state index >= 15 is 0 Å². The van der Waals surface area contributed by atoms with Crippen LogP contribution in [0.4, 0.5) is 8.78 Å². The van der Waals surface area contributed by atoms with Crippen LogP contribution in [0.2, 0.25) is 0 Å². The van der Waals surface area contributed by atoms with Crippen molar-refractivity contribution in [3.05, 3.63) is 35.4 Å². The summed E-state index contributed by atoms with van der Waals surface area (Å²) >= 11 is 0. The first-order valence-electron chi connectivity index (χ1n) is 4.82. The van der Waals surface area contributed by atoms with E-state index in [9.17, 15) is 13.6 Å². The van der Waals surface area contributed by atoms with Crippen molar-refractivity contribution in [3.8, 4) is 0 Å². The first kappa shape index (κ1) is 15.8. The van der Waals surface area contributed by atoms with Gasteiger partial charge in [0.15, 0.2) is 0 Å². The van der Waals surface area contributed by atoms with Gasteiger partial charge in [-0.3, -0.25) is 4.79 Å². The summed E-state index contributed by atoms with van der Waals surface area (Å²) in [4.78, 5) is 11.5. The minimum absolute atomic E-state index is 0. The van der Waals surface area contributed by atoms with Gasteiger partial charge in [-0.1, -0.05) is 0 Å². The number of hydrogen-bond donors (Lipinski definition) is 2. The molecule has 0 saturated heterocycles. The van der Waals surface area contributed by atoms with Crippen molar-refractivity contribution in [1.82, 2.24) is 5.32 Å². The van der Waals surface area contributed by atoms with Gasteiger partial charge in [0.2, 0.25) is 0 Å². The summed E-state index contributed by atoms with van der Waals surface area (Å²) in [6.07, 6.45) is 0. The lowest BCUT2D eigenvalue weighted by Crippen LogP contribution is -2.45. The number of halogens is 3. The minimum Gasteiger partial charge on any atom is -0.350 e. The summed E-state index contributed by atoms with van der Waals surface area (Å²) in [5, 5.41) is 2.44. The normalized spacial score (nSPS) is 10.6. The van der Waals surface area contributed by atoms with E-state index in [1.165, 1.54) is 0 Å². The summed E-state index contributed by atoms with van der Waals surface area (Å²) in [5.74, 6) is -2.08. The van der Waals surface area contributed by atoms with Crippen LogP contribution in [0.3, 0.4) is 0 Å². The van der Waals surface area contributed by atoms with Crippen molar-refractivity contribution in [2.45, 2.75) is 19.4 Å². The molecule has 0 heterocycles. The van der Waals surface area contributed by atoms with Crippen molar-refractivity contribution in [3.63, 3.8) is 0 Å². The first-order chi connectivity index (χ1) is 7.29. The standard InChI is InChI=1S/C11H14F2N2O.ClH/c1-11(2,14)6-15-10(16)8-5-7(12)3-4-9(8)13;/h3-5H,6,14H2,1-2H3,(H,15,16);1H. The highest BCUT2D eigenvalue weighted by Gasteiger charge is 2.16. The smallest absolute Gasteiger partial charge is 0.254 e. The van der Waals surface area contributed by atoms with Crippen LogP contribution in [0.5, 0.6) is 0 Å². The van der Waals surface area contributed by atoms with Gasteiger partial charge in [-0.15, -0.1) is 12.4 Å². The average molecular weight is 265 g/mol. The second-order valence-corrected chi connectivity index (χ2v) is 4.30. The van der Waals surface area contributed by atoms with Crippen LogP contribution in [0.1, 0.15) is 24.2 Å². The third-order valence-electron chi connectivity index (χ3n) is 1.88. The molecule has 0 aliphatic carbocycles. The molecular formula is C11H15ClF2N2O. The van der Waals surface area contributed by atoms with E-state index in [0.29, 0.717) is 0 Å². The molecular weight excluding hydrogens is 250 g/mol. The monoisotopic (exact) mass is 264 g/mol. The number of nitrogens with two attached hydrogens (primary N) is 1. The fourth-order valence-electron chi connectivity index (χ4n) is 1.07. The maximum absolute atomic E-state index is 13.2. The molecule has 0 spiro atoms. The molecule has 3 N–H and O–H groups in total. The Hall–Kier alpha value is -1.20.